The minimum atomic E-state index is -0.113. The number of carbonyl (C=O) groups excluding carboxylic acids is 1. The van der Waals surface area contributed by atoms with Crippen molar-refractivity contribution >= 4 is 33.4 Å². The smallest absolute Gasteiger partial charge is 0.246 e. The van der Waals surface area contributed by atoms with Crippen LogP contribution >= 0.6 is 27.5 Å². The van der Waals surface area contributed by atoms with Crippen LogP contribution in [0.3, 0.4) is 0 Å². The Hall–Kier alpha value is -0.580. The van der Waals surface area contributed by atoms with E-state index in [1.807, 2.05) is 18.2 Å². The van der Waals surface area contributed by atoms with Gasteiger partial charge >= 0.3 is 0 Å². The summed E-state index contributed by atoms with van der Waals surface area (Å²) in [4.78, 5) is 10.9. The number of rotatable bonds is 1. The molecule has 0 aromatic heterocycles. The van der Waals surface area contributed by atoms with Crippen LogP contribution in [0.2, 0.25) is 5.02 Å². The van der Waals surface area contributed by atoms with E-state index in [2.05, 4.69) is 21.2 Å². The molecule has 1 atom stereocenters. The van der Waals surface area contributed by atoms with Crippen molar-refractivity contribution in [3.05, 3.63) is 33.3 Å². The van der Waals surface area contributed by atoms with Crippen molar-refractivity contribution < 1.29 is 9.53 Å². The Kier molecular flexibility index (Phi) is 3.29. The number of benzene rings is 1. The Morgan fingerprint density at radius 1 is 1.47 bits per heavy atom. The number of ether oxygens (including phenoxy) is 1. The van der Waals surface area contributed by atoms with E-state index in [-0.39, 0.29) is 18.6 Å². The Labute approximate surface area is 101 Å². The van der Waals surface area contributed by atoms with Gasteiger partial charge in [-0.15, -0.1) is 0 Å². The van der Waals surface area contributed by atoms with Crippen LogP contribution < -0.4 is 5.32 Å². The van der Waals surface area contributed by atoms with Crippen LogP contribution in [0.5, 0.6) is 0 Å². The third-order valence-corrected chi connectivity index (χ3v) is 2.83. The number of amides is 1. The van der Waals surface area contributed by atoms with Crippen LogP contribution in [0, 0.1) is 0 Å². The average Bonchev–Trinajstić information content (AvgIpc) is 2.17. The summed E-state index contributed by atoms with van der Waals surface area (Å²) in [6, 6.07) is 5.59. The van der Waals surface area contributed by atoms with Gasteiger partial charge in [-0.25, -0.2) is 0 Å². The quantitative estimate of drug-likeness (QED) is 0.862. The van der Waals surface area contributed by atoms with Crippen molar-refractivity contribution in [1.29, 1.82) is 0 Å². The highest BCUT2D eigenvalue weighted by Gasteiger charge is 2.20. The lowest BCUT2D eigenvalue weighted by Gasteiger charge is -2.23. The molecule has 0 spiro atoms. The predicted octanol–water partition coefficient (Wildman–Crippen LogP) is 2.29. The van der Waals surface area contributed by atoms with Crippen LogP contribution in [0.15, 0.2) is 22.7 Å². The van der Waals surface area contributed by atoms with E-state index in [1.165, 1.54) is 0 Å². The Morgan fingerprint density at radius 2 is 2.27 bits per heavy atom. The van der Waals surface area contributed by atoms with E-state index in [0.29, 0.717) is 11.6 Å². The minimum absolute atomic E-state index is 0.0765. The summed E-state index contributed by atoms with van der Waals surface area (Å²) in [5.41, 5.74) is 0.967. The first-order valence-corrected chi connectivity index (χ1v) is 5.66. The molecule has 1 fully saturated rings. The molecule has 1 heterocycles. The zero-order chi connectivity index (χ0) is 10.8. The molecule has 80 valence electrons. The topological polar surface area (TPSA) is 38.3 Å². The van der Waals surface area contributed by atoms with Crippen LogP contribution in [0.25, 0.3) is 0 Å². The van der Waals surface area contributed by atoms with Crippen molar-refractivity contribution in [2.45, 2.75) is 6.10 Å². The normalized spacial score (nSPS) is 21.2. The van der Waals surface area contributed by atoms with Gasteiger partial charge in [-0.3, -0.25) is 4.79 Å². The molecular weight excluding hydrogens is 281 g/mol. The molecule has 1 aromatic rings. The summed E-state index contributed by atoms with van der Waals surface area (Å²) < 4.78 is 6.30. The Bertz CT molecular complexity index is 367. The first-order chi connectivity index (χ1) is 7.15. The maximum Gasteiger partial charge on any atom is 0.246 e. The molecule has 1 aliphatic rings. The zero-order valence-corrected chi connectivity index (χ0v) is 10.1. The summed E-state index contributed by atoms with van der Waals surface area (Å²) in [6.45, 7) is 0.598. The molecular formula is C10H9BrClNO2. The maximum atomic E-state index is 10.9. The lowest BCUT2D eigenvalue weighted by molar-refractivity contribution is -0.133. The fraction of sp³-hybridized carbons (Fsp3) is 0.300. The second kappa shape index (κ2) is 4.51. The number of morpholine rings is 1. The van der Waals surface area contributed by atoms with Crippen LogP contribution in [0.4, 0.5) is 0 Å². The summed E-state index contributed by atoms with van der Waals surface area (Å²) >= 11 is 9.29. The number of hydrogen-bond acceptors (Lipinski definition) is 2. The molecule has 0 saturated carbocycles. The fourth-order valence-electron chi connectivity index (χ4n) is 1.47. The van der Waals surface area contributed by atoms with Crippen LogP contribution in [-0.4, -0.2) is 19.1 Å². The number of hydrogen-bond donors (Lipinski definition) is 1. The number of nitrogens with one attached hydrogen (secondary N) is 1. The molecule has 15 heavy (non-hydrogen) atoms. The van der Waals surface area contributed by atoms with Crippen LogP contribution in [0.1, 0.15) is 11.7 Å². The SMILES string of the molecule is O=C1CO[C@@H](c2cc(Cl)cc(Br)c2)CN1. The highest BCUT2D eigenvalue weighted by Crippen LogP contribution is 2.26. The number of halogens is 2. The predicted molar refractivity (Wildman–Crippen MR) is 60.9 cm³/mol. The summed E-state index contributed by atoms with van der Waals surface area (Å²) in [5.74, 6) is -0.0765. The van der Waals surface area contributed by atoms with Gasteiger partial charge in [-0.2, -0.15) is 0 Å². The highest BCUT2D eigenvalue weighted by molar-refractivity contribution is 9.10. The lowest BCUT2D eigenvalue weighted by atomic mass is 10.1. The fourth-order valence-corrected chi connectivity index (χ4v) is 2.35. The molecule has 0 radical (unpaired) electrons. The van der Waals surface area contributed by atoms with Crippen molar-refractivity contribution in [3.63, 3.8) is 0 Å². The minimum Gasteiger partial charge on any atom is -0.362 e. The second-order valence-corrected chi connectivity index (χ2v) is 4.66. The summed E-state index contributed by atoms with van der Waals surface area (Å²) in [6.07, 6.45) is -0.113. The van der Waals surface area contributed by atoms with Crippen molar-refractivity contribution in [3.8, 4) is 0 Å². The molecule has 2 rings (SSSR count). The molecule has 0 aliphatic carbocycles. The maximum absolute atomic E-state index is 10.9. The standard InChI is InChI=1S/C10H9BrClNO2/c11-7-1-6(2-8(12)3-7)9-4-13-10(14)5-15-9/h1-3,9H,4-5H2,(H,13,14)/t9-/m1/s1. The van der Waals surface area contributed by atoms with Crippen LogP contribution in [-0.2, 0) is 9.53 Å². The third-order valence-electron chi connectivity index (χ3n) is 2.16. The van der Waals surface area contributed by atoms with Gasteiger partial charge in [-0.1, -0.05) is 27.5 Å². The highest BCUT2D eigenvalue weighted by atomic mass is 79.9. The molecule has 1 aromatic carbocycles. The van der Waals surface area contributed by atoms with Gasteiger partial charge in [0.25, 0.3) is 0 Å². The Morgan fingerprint density at radius 3 is 2.87 bits per heavy atom. The largest absolute Gasteiger partial charge is 0.362 e. The van der Waals surface area contributed by atoms with E-state index < -0.39 is 0 Å². The molecule has 3 nitrogen and oxygen atoms in total. The van der Waals surface area contributed by atoms with Gasteiger partial charge in [-0.05, 0) is 23.8 Å². The van der Waals surface area contributed by atoms with Gasteiger partial charge in [0.05, 0.1) is 0 Å². The van der Waals surface area contributed by atoms with E-state index in [0.717, 1.165) is 10.0 Å². The van der Waals surface area contributed by atoms with E-state index >= 15 is 0 Å². The van der Waals surface area contributed by atoms with Gasteiger partial charge in [0.2, 0.25) is 5.91 Å². The molecule has 1 amide bonds. The van der Waals surface area contributed by atoms with Gasteiger partial charge in [0, 0.05) is 16.0 Å². The van der Waals surface area contributed by atoms with E-state index in [1.54, 1.807) is 0 Å². The van der Waals surface area contributed by atoms with Crippen molar-refractivity contribution in [2.24, 2.45) is 0 Å². The summed E-state index contributed by atoms with van der Waals surface area (Å²) in [5, 5.41) is 3.40. The van der Waals surface area contributed by atoms with Gasteiger partial charge in [0.1, 0.15) is 12.7 Å². The first kappa shape index (κ1) is 10.9. The Balaban J connectivity index is 2.18. The lowest BCUT2D eigenvalue weighted by Crippen LogP contribution is -2.38. The molecule has 1 aliphatic heterocycles. The molecule has 5 heteroatoms. The molecule has 1 saturated heterocycles. The van der Waals surface area contributed by atoms with Crippen molar-refractivity contribution in [2.75, 3.05) is 13.2 Å². The van der Waals surface area contributed by atoms with Gasteiger partial charge < -0.3 is 10.1 Å². The molecule has 0 bridgehead atoms. The van der Waals surface area contributed by atoms with Gasteiger partial charge in [0.15, 0.2) is 0 Å². The third kappa shape index (κ3) is 2.71. The zero-order valence-electron chi connectivity index (χ0n) is 7.80. The average molecular weight is 291 g/mol. The van der Waals surface area contributed by atoms with E-state index in [4.69, 9.17) is 16.3 Å². The van der Waals surface area contributed by atoms with E-state index in [9.17, 15) is 4.79 Å². The monoisotopic (exact) mass is 289 g/mol. The first-order valence-electron chi connectivity index (χ1n) is 4.49. The second-order valence-electron chi connectivity index (χ2n) is 3.31. The molecule has 0 unspecified atom stereocenters. The van der Waals surface area contributed by atoms with Crippen molar-refractivity contribution in [1.82, 2.24) is 5.32 Å². The summed E-state index contributed by atoms with van der Waals surface area (Å²) in [7, 11) is 0. The number of carbonyl (C=O) groups is 1. The molecule has 1 N–H and O–H groups in total.